The molecule has 1 aromatic rings. The highest BCUT2D eigenvalue weighted by Gasteiger charge is 2.25. The van der Waals surface area contributed by atoms with Gasteiger partial charge >= 0.3 is 0 Å². The van der Waals surface area contributed by atoms with Crippen LogP contribution in [0.25, 0.3) is 0 Å². The predicted molar refractivity (Wildman–Crippen MR) is 76.8 cm³/mol. The molecule has 1 aliphatic rings. The van der Waals surface area contributed by atoms with Crippen molar-refractivity contribution in [3.8, 4) is 0 Å². The summed E-state index contributed by atoms with van der Waals surface area (Å²) in [7, 11) is 0. The minimum Gasteiger partial charge on any atom is -0.300 e. The molecule has 1 saturated heterocycles. The third kappa shape index (κ3) is 3.55. The molecule has 0 aromatic heterocycles. The lowest BCUT2D eigenvalue weighted by molar-refractivity contribution is -0.385. The van der Waals surface area contributed by atoms with Crippen LogP contribution in [0.5, 0.6) is 0 Å². The van der Waals surface area contributed by atoms with Crippen molar-refractivity contribution in [1.29, 1.82) is 0 Å². The van der Waals surface area contributed by atoms with Gasteiger partial charge in [0.15, 0.2) is 0 Å². The maximum absolute atomic E-state index is 11.5. The first-order chi connectivity index (χ1) is 9.47. The number of rotatable bonds is 4. The minimum atomic E-state index is -0.391. The highest BCUT2D eigenvalue weighted by atomic mass is 35.5. The SMILES string of the molecule is CC(=O)C1CCCN(Cc2cc(Cl)ccc2[N+](=O)[O-])C1. The normalized spacial score (nSPS) is 19.8. The molecule has 0 saturated carbocycles. The molecule has 1 unspecified atom stereocenters. The van der Waals surface area contributed by atoms with Gasteiger partial charge in [-0.05, 0) is 38.4 Å². The Morgan fingerprint density at radius 2 is 2.30 bits per heavy atom. The molecule has 1 atom stereocenters. The fraction of sp³-hybridized carbons (Fsp3) is 0.500. The third-order valence-electron chi connectivity index (χ3n) is 3.71. The number of hydrogen-bond acceptors (Lipinski definition) is 4. The number of Topliss-reactive ketones (excluding diaryl/α,β-unsaturated/α-hetero) is 1. The average molecular weight is 297 g/mol. The van der Waals surface area contributed by atoms with E-state index < -0.39 is 4.92 Å². The summed E-state index contributed by atoms with van der Waals surface area (Å²) >= 11 is 5.92. The van der Waals surface area contributed by atoms with Crippen molar-refractivity contribution in [1.82, 2.24) is 4.90 Å². The van der Waals surface area contributed by atoms with Gasteiger partial charge in [-0.2, -0.15) is 0 Å². The Morgan fingerprint density at radius 3 is 2.95 bits per heavy atom. The fourth-order valence-corrected chi connectivity index (χ4v) is 2.83. The maximum Gasteiger partial charge on any atom is 0.273 e. The van der Waals surface area contributed by atoms with Gasteiger partial charge in [0.05, 0.1) is 4.92 Å². The Labute approximate surface area is 122 Å². The highest BCUT2D eigenvalue weighted by molar-refractivity contribution is 6.30. The fourth-order valence-electron chi connectivity index (χ4n) is 2.63. The number of nitro benzene ring substituents is 1. The summed E-state index contributed by atoms with van der Waals surface area (Å²) in [5, 5.41) is 11.5. The molecule has 5 nitrogen and oxygen atoms in total. The molecule has 0 spiro atoms. The quantitative estimate of drug-likeness (QED) is 0.633. The van der Waals surface area contributed by atoms with Gasteiger partial charge < -0.3 is 0 Å². The van der Waals surface area contributed by atoms with E-state index in [0.29, 0.717) is 23.7 Å². The summed E-state index contributed by atoms with van der Waals surface area (Å²) in [6, 6.07) is 4.60. The zero-order chi connectivity index (χ0) is 14.7. The maximum atomic E-state index is 11.5. The third-order valence-corrected chi connectivity index (χ3v) is 3.95. The van der Waals surface area contributed by atoms with Crippen molar-refractivity contribution in [2.24, 2.45) is 5.92 Å². The number of nitro groups is 1. The Bertz CT molecular complexity index is 533. The van der Waals surface area contributed by atoms with E-state index in [1.807, 2.05) is 0 Å². The van der Waals surface area contributed by atoms with Crippen LogP contribution in [0.15, 0.2) is 18.2 Å². The highest BCUT2D eigenvalue weighted by Crippen LogP contribution is 2.26. The molecule has 0 N–H and O–H groups in total. The molecule has 0 bridgehead atoms. The molecule has 6 heteroatoms. The summed E-state index contributed by atoms with van der Waals surface area (Å²) in [6.07, 6.45) is 1.85. The number of carbonyl (C=O) groups is 1. The molecular weight excluding hydrogens is 280 g/mol. The van der Waals surface area contributed by atoms with Crippen molar-refractivity contribution >= 4 is 23.1 Å². The largest absolute Gasteiger partial charge is 0.300 e. The standard InChI is InChI=1S/C14H17ClN2O3/c1-10(18)11-3-2-6-16(8-11)9-12-7-13(15)4-5-14(12)17(19)20/h4-5,7,11H,2-3,6,8-9H2,1H3. The van der Waals surface area contributed by atoms with Crippen LogP contribution in [-0.4, -0.2) is 28.7 Å². The Hall–Kier alpha value is -1.46. The van der Waals surface area contributed by atoms with Crippen LogP contribution < -0.4 is 0 Å². The van der Waals surface area contributed by atoms with Gasteiger partial charge in [-0.25, -0.2) is 0 Å². The molecular formula is C14H17ClN2O3. The summed E-state index contributed by atoms with van der Waals surface area (Å²) in [6.45, 7) is 3.59. The number of ketones is 1. The van der Waals surface area contributed by atoms with Crippen LogP contribution in [0.3, 0.4) is 0 Å². The molecule has 1 aliphatic heterocycles. The average Bonchev–Trinajstić information content (AvgIpc) is 2.38. The molecule has 2 rings (SSSR count). The smallest absolute Gasteiger partial charge is 0.273 e. The minimum absolute atomic E-state index is 0.0435. The first-order valence-electron chi connectivity index (χ1n) is 6.63. The number of hydrogen-bond donors (Lipinski definition) is 0. The topological polar surface area (TPSA) is 63.5 Å². The van der Waals surface area contributed by atoms with E-state index in [4.69, 9.17) is 11.6 Å². The summed E-state index contributed by atoms with van der Waals surface area (Å²) in [5.41, 5.74) is 0.686. The molecule has 1 fully saturated rings. The summed E-state index contributed by atoms with van der Waals surface area (Å²) in [4.78, 5) is 24.2. The van der Waals surface area contributed by atoms with Gasteiger partial charge in [0.2, 0.25) is 0 Å². The van der Waals surface area contributed by atoms with Crippen LogP contribution in [0, 0.1) is 16.0 Å². The van der Waals surface area contributed by atoms with Crippen molar-refractivity contribution in [2.75, 3.05) is 13.1 Å². The zero-order valence-corrected chi connectivity index (χ0v) is 12.1. The Morgan fingerprint density at radius 1 is 1.55 bits per heavy atom. The van der Waals surface area contributed by atoms with Gasteiger partial charge in [0.1, 0.15) is 5.78 Å². The number of halogens is 1. The van der Waals surface area contributed by atoms with Crippen molar-refractivity contribution in [2.45, 2.75) is 26.3 Å². The van der Waals surface area contributed by atoms with E-state index >= 15 is 0 Å². The second kappa shape index (κ2) is 6.33. The van der Waals surface area contributed by atoms with Crippen LogP contribution >= 0.6 is 11.6 Å². The van der Waals surface area contributed by atoms with Crippen molar-refractivity contribution in [3.63, 3.8) is 0 Å². The first kappa shape index (κ1) is 14.9. The molecule has 0 radical (unpaired) electrons. The number of benzene rings is 1. The second-order valence-electron chi connectivity index (χ2n) is 5.22. The second-order valence-corrected chi connectivity index (χ2v) is 5.65. The van der Waals surface area contributed by atoms with E-state index in [1.165, 1.54) is 12.1 Å². The lowest BCUT2D eigenvalue weighted by Gasteiger charge is -2.31. The monoisotopic (exact) mass is 296 g/mol. The number of piperidine rings is 1. The van der Waals surface area contributed by atoms with Crippen LogP contribution in [0.2, 0.25) is 5.02 Å². The lowest BCUT2D eigenvalue weighted by atomic mass is 9.94. The van der Waals surface area contributed by atoms with Gasteiger partial charge in [-0.1, -0.05) is 11.6 Å². The Kier molecular flexibility index (Phi) is 4.73. The van der Waals surface area contributed by atoms with Gasteiger partial charge in [-0.3, -0.25) is 19.8 Å². The van der Waals surface area contributed by atoms with Crippen molar-refractivity contribution in [3.05, 3.63) is 38.9 Å². The summed E-state index contributed by atoms with van der Waals surface area (Å²) < 4.78 is 0. The van der Waals surface area contributed by atoms with E-state index in [9.17, 15) is 14.9 Å². The van der Waals surface area contributed by atoms with Gasteiger partial charge in [-0.15, -0.1) is 0 Å². The Balaban J connectivity index is 2.15. The number of carbonyl (C=O) groups excluding carboxylic acids is 1. The zero-order valence-electron chi connectivity index (χ0n) is 11.3. The molecule has 20 heavy (non-hydrogen) atoms. The number of likely N-dealkylation sites (tertiary alicyclic amines) is 1. The molecule has 1 aromatic carbocycles. The lowest BCUT2D eigenvalue weighted by Crippen LogP contribution is -2.37. The predicted octanol–water partition coefficient (Wildman–Crippen LogP) is 3.05. The van der Waals surface area contributed by atoms with E-state index in [1.54, 1.807) is 13.0 Å². The van der Waals surface area contributed by atoms with E-state index in [-0.39, 0.29) is 17.4 Å². The van der Waals surface area contributed by atoms with Gasteiger partial charge in [0.25, 0.3) is 5.69 Å². The molecule has 1 heterocycles. The van der Waals surface area contributed by atoms with Gasteiger partial charge in [0, 0.05) is 35.7 Å². The first-order valence-corrected chi connectivity index (χ1v) is 7.01. The molecule has 0 aliphatic carbocycles. The van der Waals surface area contributed by atoms with Crippen molar-refractivity contribution < 1.29 is 9.72 Å². The van der Waals surface area contributed by atoms with E-state index in [2.05, 4.69) is 4.90 Å². The number of nitrogens with zero attached hydrogens (tertiary/aromatic N) is 2. The molecule has 0 amide bonds. The van der Waals surface area contributed by atoms with E-state index in [0.717, 1.165) is 19.4 Å². The van der Waals surface area contributed by atoms with Crippen LogP contribution in [-0.2, 0) is 11.3 Å². The van der Waals surface area contributed by atoms with Crippen LogP contribution in [0.1, 0.15) is 25.3 Å². The summed E-state index contributed by atoms with van der Waals surface area (Å²) in [5.74, 6) is 0.234. The molecule has 108 valence electrons. The van der Waals surface area contributed by atoms with Crippen LogP contribution in [0.4, 0.5) is 5.69 Å².